The summed E-state index contributed by atoms with van der Waals surface area (Å²) in [6.07, 6.45) is 0.805. The van der Waals surface area contributed by atoms with Gasteiger partial charge in [-0.3, -0.25) is 9.36 Å². The Morgan fingerprint density at radius 1 is 1.35 bits per heavy atom. The SMILES string of the molecule is O=C(Cn1c(=O)oc2ccccc21)N1CCc2sc(Cl)cc2C1. The van der Waals surface area contributed by atoms with Crippen molar-refractivity contribution < 1.29 is 9.21 Å². The monoisotopic (exact) mass is 348 g/mol. The van der Waals surface area contributed by atoms with Gasteiger partial charge in [0.2, 0.25) is 5.91 Å². The minimum atomic E-state index is -0.504. The summed E-state index contributed by atoms with van der Waals surface area (Å²) >= 11 is 7.61. The Morgan fingerprint density at radius 2 is 2.17 bits per heavy atom. The molecule has 0 saturated heterocycles. The summed E-state index contributed by atoms with van der Waals surface area (Å²) in [5.41, 5.74) is 2.24. The summed E-state index contributed by atoms with van der Waals surface area (Å²) in [4.78, 5) is 27.5. The number of oxazole rings is 1. The van der Waals surface area contributed by atoms with Gasteiger partial charge in [0, 0.05) is 18.0 Å². The Kier molecular flexibility index (Phi) is 3.50. The van der Waals surface area contributed by atoms with Crippen molar-refractivity contribution in [2.75, 3.05) is 6.54 Å². The molecule has 4 rings (SSSR count). The van der Waals surface area contributed by atoms with Crippen molar-refractivity contribution in [1.82, 2.24) is 9.47 Å². The van der Waals surface area contributed by atoms with Gasteiger partial charge in [-0.2, -0.15) is 0 Å². The molecule has 118 valence electrons. The second kappa shape index (κ2) is 5.54. The third-order valence-corrected chi connectivity index (χ3v) is 5.42. The highest BCUT2D eigenvalue weighted by atomic mass is 35.5. The maximum atomic E-state index is 12.6. The molecule has 5 nitrogen and oxygen atoms in total. The number of carbonyl (C=O) groups excluding carboxylic acids is 1. The number of rotatable bonds is 2. The van der Waals surface area contributed by atoms with Crippen LogP contribution < -0.4 is 5.76 Å². The first-order chi connectivity index (χ1) is 11.1. The van der Waals surface area contributed by atoms with Crippen LogP contribution in [0.4, 0.5) is 0 Å². The van der Waals surface area contributed by atoms with Gasteiger partial charge < -0.3 is 9.32 Å². The minimum absolute atomic E-state index is 0.0109. The second-order valence-corrected chi connectivity index (χ2v) is 7.25. The van der Waals surface area contributed by atoms with Gasteiger partial charge in [0.15, 0.2) is 5.58 Å². The molecule has 0 atom stereocenters. The van der Waals surface area contributed by atoms with Crippen molar-refractivity contribution in [1.29, 1.82) is 0 Å². The number of hydrogen-bond donors (Lipinski definition) is 0. The molecule has 2 aromatic heterocycles. The maximum absolute atomic E-state index is 12.6. The van der Waals surface area contributed by atoms with Crippen molar-refractivity contribution in [3.8, 4) is 0 Å². The van der Waals surface area contributed by atoms with E-state index >= 15 is 0 Å². The Hall–Kier alpha value is -2.05. The zero-order chi connectivity index (χ0) is 16.0. The average Bonchev–Trinajstić information content (AvgIpc) is 3.06. The normalized spacial score (nSPS) is 14.2. The molecule has 0 aliphatic carbocycles. The van der Waals surface area contributed by atoms with Crippen LogP contribution in [0.1, 0.15) is 10.4 Å². The number of halogens is 1. The maximum Gasteiger partial charge on any atom is 0.420 e. The topological polar surface area (TPSA) is 55.5 Å². The van der Waals surface area contributed by atoms with E-state index in [0.29, 0.717) is 24.2 Å². The van der Waals surface area contributed by atoms with E-state index in [1.54, 1.807) is 34.4 Å². The van der Waals surface area contributed by atoms with Crippen LogP contribution >= 0.6 is 22.9 Å². The number of thiophene rings is 1. The third-order valence-electron chi connectivity index (χ3n) is 4.06. The molecular weight excluding hydrogens is 336 g/mol. The second-order valence-electron chi connectivity index (χ2n) is 5.49. The van der Waals surface area contributed by atoms with Gasteiger partial charge in [-0.05, 0) is 30.2 Å². The Labute approximate surface area is 140 Å². The van der Waals surface area contributed by atoms with E-state index in [1.807, 2.05) is 12.1 Å². The van der Waals surface area contributed by atoms with E-state index in [-0.39, 0.29) is 12.5 Å². The highest BCUT2D eigenvalue weighted by Crippen LogP contribution is 2.31. The van der Waals surface area contributed by atoms with Gasteiger partial charge >= 0.3 is 5.76 Å². The Morgan fingerprint density at radius 3 is 3.04 bits per heavy atom. The van der Waals surface area contributed by atoms with E-state index in [4.69, 9.17) is 16.0 Å². The fraction of sp³-hybridized carbons (Fsp3) is 0.250. The lowest BCUT2D eigenvalue weighted by atomic mass is 10.1. The number of nitrogens with zero attached hydrogens (tertiary/aromatic N) is 2. The molecule has 0 bridgehead atoms. The fourth-order valence-electron chi connectivity index (χ4n) is 2.91. The van der Waals surface area contributed by atoms with Crippen LogP contribution in [0.3, 0.4) is 0 Å². The van der Waals surface area contributed by atoms with E-state index < -0.39 is 5.76 Å². The van der Waals surface area contributed by atoms with Crippen molar-refractivity contribution in [2.45, 2.75) is 19.5 Å². The molecule has 0 radical (unpaired) electrons. The number of amides is 1. The van der Waals surface area contributed by atoms with Crippen molar-refractivity contribution in [2.24, 2.45) is 0 Å². The van der Waals surface area contributed by atoms with E-state index in [2.05, 4.69) is 0 Å². The molecular formula is C16H13ClN2O3S. The Balaban J connectivity index is 1.58. The molecule has 0 saturated carbocycles. The van der Waals surface area contributed by atoms with E-state index in [1.165, 1.54) is 9.44 Å². The number of aromatic nitrogens is 1. The number of carbonyl (C=O) groups is 1. The molecule has 23 heavy (non-hydrogen) atoms. The van der Waals surface area contributed by atoms with Crippen LogP contribution in [-0.4, -0.2) is 21.9 Å². The summed E-state index contributed by atoms with van der Waals surface area (Å²) in [7, 11) is 0. The quantitative estimate of drug-likeness (QED) is 0.715. The average molecular weight is 349 g/mol. The molecule has 1 amide bonds. The predicted octanol–water partition coefficient (Wildman–Crippen LogP) is 2.89. The van der Waals surface area contributed by atoms with Crippen LogP contribution in [-0.2, 0) is 24.3 Å². The zero-order valence-corrected chi connectivity index (χ0v) is 13.7. The number of para-hydroxylation sites is 2. The van der Waals surface area contributed by atoms with Gasteiger partial charge in [0.05, 0.1) is 9.85 Å². The molecule has 1 aromatic carbocycles. The summed E-state index contributed by atoms with van der Waals surface area (Å²) in [5.74, 6) is -0.595. The number of fused-ring (bicyclic) bond motifs is 2. The summed E-state index contributed by atoms with van der Waals surface area (Å²) in [6, 6.07) is 9.03. The van der Waals surface area contributed by atoms with Crippen LogP contribution in [0.15, 0.2) is 39.5 Å². The molecule has 3 heterocycles. The zero-order valence-electron chi connectivity index (χ0n) is 12.1. The van der Waals surface area contributed by atoms with Crippen molar-refractivity contribution in [3.63, 3.8) is 0 Å². The largest absolute Gasteiger partial charge is 0.420 e. The van der Waals surface area contributed by atoms with Crippen LogP contribution in [0, 0.1) is 0 Å². The van der Waals surface area contributed by atoms with Crippen molar-refractivity contribution >= 4 is 39.9 Å². The molecule has 0 fully saturated rings. The van der Waals surface area contributed by atoms with Gasteiger partial charge in [0.1, 0.15) is 6.54 Å². The molecule has 3 aromatic rings. The Bertz CT molecular complexity index is 956. The highest BCUT2D eigenvalue weighted by molar-refractivity contribution is 7.16. The molecule has 7 heteroatoms. The fourth-order valence-corrected chi connectivity index (χ4v) is 4.20. The molecule has 1 aliphatic rings. The first kappa shape index (κ1) is 14.5. The highest BCUT2D eigenvalue weighted by Gasteiger charge is 2.24. The third kappa shape index (κ3) is 2.58. The van der Waals surface area contributed by atoms with Gasteiger partial charge in [-0.25, -0.2) is 4.79 Å². The first-order valence-corrected chi connectivity index (χ1v) is 8.44. The first-order valence-electron chi connectivity index (χ1n) is 7.25. The molecule has 0 N–H and O–H groups in total. The minimum Gasteiger partial charge on any atom is -0.408 e. The van der Waals surface area contributed by atoms with Crippen LogP contribution in [0.2, 0.25) is 4.34 Å². The molecule has 1 aliphatic heterocycles. The van der Waals surface area contributed by atoms with E-state index in [9.17, 15) is 9.59 Å². The van der Waals surface area contributed by atoms with Gasteiger partial charge in [-0.15, -0.1) is 11.3 Å². The summed E-state index contributed by atoms with van der Waals surface area (Å²) < 4.78 is 7.30. The van der Waals surface area contributed by atoms with Gasteiger partial charge in [-0.1, -0.05) is 23.7 Å². The van der Waals surface area contributed by atoms with Crippen molar-refractivity contribution in [3.05, 3.63) is 55.7 Å². The van der Waals surface area contributed by atoms with Crippen LogP contribution in [0.25, 0.3) is 11.1 Å². The number of benzene rings is 1. The lowest BCUT2D eigenvalue weighted by molar-refractivity contribution is -0.132. The lowest BCUT2D eigenvalue weighted by Gasteiger charge is -2.27. The van der Waals surface area contributed by atoms with Gasteiger partial charge in [0.25, 0.3) is 0 Å². The lowest BCUT2D eigenvalue weighted by Crippen LogP contribution is -2.38. The number of hydrogen-bond acceptors (Lipinski definition) is 4. The summed E-state index contributed by atoms with van der Waals surface area (Å²) in [6.45, 7) is 1.18. The molecule has 0 spiro atoms. The smallest absolute Gasteiger partial charge is 0.408 e. The van der Waals surface area contributed by atoms with E-state index in [0.717, 1.165) is 16.3 Å². The van der Waals surface area contributed by atoms with Crippen LogP contribution in [0.5, 0.6) is 0 Å². The molecule has 0 unspecified atom stereocenters. The summed E-state index contributed by atoms with van der Waals surface area (Å²) in [5, 5.41) is 0. The predicted molar refractivity (Wildman–Crippen MR) is 88.9 cm³/mol. The standard InChI is InChI=1S/C16H13ClN2O3S/c17-14-7-10-8-18(6-5-13(10)23-14)15(20)9-19-11-3-1-2-4-12(11)22-16(19)21/h1-4,7H,5-6,8-9H2.